The Morgan fingerprint density at radius 3 is 2.63 bits per heavy atom. The second kappa shape index (κ2) is 10.6. The van der Waals surface area contributed by atoms with Crippen LogP contribution in [0.25, 0.3) is 0 Å². The Bertz CT molecular complexity index is 571. The summed E-state index contributed by atoms with van der Waals surface area (Å²) in [6.07, 6.45) is 1.10. The molecule has 3 aliphatic rings. The Kier molecular flexibility index (Phi) is 7.93. The largest absolute Gasteiger partial charge is 0.374 e. The molecular formula is C21H35N5O. The Morgan fingerprint density at radius 1 is 1.19 bits per heavy atom. The third kappa shape index (κ3) is 6.19. The van der Waals surface area contributed by atoms with Gasteiger partial charge in [0.05, 0.1) is 12.6 Å². The molecule has 3 saturated heterocycles. The molecule has 0 aromatic heterocycles. The third-order valence-corrected chi connectivity index (χ3v) is 5.45. The average molecular weight is 374 g/mol. The summed E-state index contributed by atoms with van der Waals surface area (Å²) in [5.41, 5.74) is 1.23. The van der Waals surface area contributed by atoms with Gasteiger partial charge >= 0.3 is 0 Å². The number of hydrogen-bond acceptors (Lipinski definition) is 4. The fourth-order valence-corrected chi connectivity index (χ4v) is 3.80. The Labute approximate surface area is 164 Å². The van der Waals surface area contributed by atoms with Crippen molar-refractivity contribution in [3.05, 3.63) is 35.9 Å². The first-order valence-electron chi connectivity index (χ1n) is 10.4. The van der Waals surface area contributed by atoms with Crippen LogP contribution >= 0.6 is 0 Å². The topological polar surface area (TPSA) is 52.1 Å². The van der Waals surface area contributed by atoms with Gasteiger partial charge in [-0.05, 0) is 25.8 Å². The molecule has 0 radical (unpaired) electrons. The van der Waals surface area contributed by atoms with E-state index in [2.05, 4.69) is 58.5 Å². The van der Waals surface area contributed by atoms with E-state index in [0.717, 1.165) is 45.2 Å². The van der Waals surface area contributed by atoms with Gasteiger partial charge < -0.3 is 15.4 Å². The van der Waals surface area contributed by atoms with Crippen LogP contribution in [0.1, 0.15) is 31.9 Å². The van der Waals surface area contributed by atoms with E-state index in [1.807, 2.05) is 6.07 Å². The van der Waals surface area contributed by atoms with Crippen LogP contribution in [0, 0.1) is 0 Å². The van der Waals surface area contributed by atoms with Crippen LogP contribution < -0.4 is 10.6 Å². The maximum atomic E-state index is 5.95. The Hall–Kier alpha value is -1.63. The number of guanidine groups is 1. The lowest BCUT2D eigenvalue weighted by Gasteiger charge is -2.47. The third-order valence-electron chi connectivity index (χ3n) is 5.45. The highest BCUT2D eigenvalue weighted by molar-refractivity contribution is 5.79. The maximum absolute atomic E-state index is 5.95. The van der Waals surface area contributed by atoms with E-state index in [1.54, 1.807) is 0 Å². The summed E-state index contributed by atoms with van der Waals surface area (Å²) >= 11 is 0. The lowest BCUT2D eigenvalue weighted by molar-refractivity contribution is 0.0174. The van der Waals surface area contributed by atoms with Crippen molar-refractivity contribution in [2.45, 2.75) is 32.4 Å². The van der Waals surface area contributed by atoms with Gasteiger partial charge in [-0.25, -0.2) is 0 Å². The molecule has 2 N–H and O–H groups in total. The lowest BCUT2D eigenvalue weighted by Crippen LogP contribution is -2.62. The van der Waals surface area contributed by atoms with Crippen molar-refractivity contribution < 1.29 is 4.74 Å². The molecule has 6 nitrogen and oxygen atoms in total. The van der Waals surface area contributed by atoms with Gasteiger partial charge in [0.2, 0.25) is 0 Å². The number of benzene rings is 1. The lowest BCUT2D eigenvalue weighted by atomic mass is 10.1. The first-order chi connectivity index (χ1) is 13.3. The molecule has 2 atom stereocenters. The molecule has 0 aliphatic carbocycles. The highest BCUT2D eigenvalue weighted by Crippen LogP contribution is 2.16. The quantitative estimate of drug-likeness (QED) is 0.392. The van der Waals surface area contributed by atoms with Crippen molar-refractivity contribution in [1.82, 2.24) is 20.4 Å². The van der Waals surface area contributed by atoms with E-state index in [1.165, 1.54) is 31.7 Å². The summed E-state index contributed by atoms with van der Waals surface area (Å²) < 4.78 is 5.95. The van der Waals surface area contributed by atoms with E-state index < -0.39 is 0 Å². The molecule has 6 heteroatoms. The maximum Gasteiger partial charge on any atom is 0.191 e. The Balaban J connectivity index is 1.35. The summed E-state index contributed by atoms with van der Waals surface area (Å²) in [4.78, 5) is 9.97. The highest BCUT2D eigenvalue weighted by Gasteiger charge is 2.31. The first kappa shape index (κ1) is 20.1. The van der Waals surface area contributed by atoms with E-state index in [-0.39, 0.29) is 6.10 Å². The summed E-state index contributed by atoms with van der Waals surface area (Å²) in [5.74, 6) is 0.922. The van der Waals surface area contributed by atoms with Gasteiger partial charge in [0.1, 0.15) is 0 Å². The first-order valence-corrected chi connectivity index (χ1v) is 10.4. The molecule has 3 aliphatic heterocycles. The molecule has 3 fully saturated rings. The predicted molar refractivity (Wildman–Crippen MR) is 111 cm³/mol. The molecule has 1 aromatic rings. The normalized spacial score (nSPS) is 26.0. The molecule has 3 heterocycles. The second-order valence-corrected chi connectivity index (χ2v) is 7.41. The van der Waals surface area contributed by atoms with Crippen LogP contribution in [-0.4, -0.2) is 80.8 Å². The number of nitrogens with one attached hydrogen (secondary N) is 2. The van der Waals surface area contributed by atoms with Crippen LogP contribution in [0.15, 0.2) is 35.3 Å². The Morgan fingerprint density at radius 2 is 1.96 bits per heavy atom. The number of aliphatic imine (C=N–C) groups is 1. The monoisotopic (exact) mass is 373 g/mol. The molecule has 0 saturated carbocycles. The number of nitrogens with zero attached hydrogens (tertiary/aromatic N) is 3. The van der Waals surface area contributed by atoms with E-state index >= 15 is 0 Å². The van der Waals surface area contributed by atoms with Gasteiger partial charge in [0.15, 0.2) is 5.96 Å². The second-order valence-electron chi connectivity index (χ2n) is 7.41. The van der Waals surface area contributed by atoms with E-state index in [9.17, 15) is 0 Å². The minimum atomic E-state index is 0.138. The van der Waals surface area contributed by atoms with Crippen molar-refractivity contribution in [1.29, 1.82) is 0 Å². The summed E-state index contributed by atoms with van der Waals surface area (Å²) in [5, 5.41) is 6.80. The fourth-order valence-electron chi connectivity index (χ4n) is 3.80. The molecule has 0 amide bonds. The predicted octanol–water partition coefficient (Wildman–Crippen LogP) is 1.71. The molecule has 1 aromatic carbocycles. The fraction of sp³-hybridized carbons (Fsp3) is 0.667. The zero-order chi connectivity index (χ0) is 18.9. The van der Waals surface area contributed by atoms with Crippen molar-refractivity contribution in [2.75, 3.05) is 59.0 Å². The molecule has 4 rings (SSSR count). The summed E-state index contributed by atoms with van der Waals surface area (Å²) in [6.45, 7) is 13.6. The van der Waals surface area contributed by atoms with Gasteiger partial charge in [0.25, 0.3) is 0 Å². The summed E-state index contributed by atoms with van der Waals surface area (Å²) in [7, 11) is 0. The minimum absolute atomic E-state index is 0.138. The van der Waals surface area contributed by atoms with Crippen LogP contribution in [-0.2, 0) is 4.74 Å². The smallest absolute Gasteiger partial charge is 0.191 e. The molecular weight excluding hydrogens is 338 g/mol. The highest BCUT2D eigenvalue weighted by atomic mass is 16.5. The van der Waals surface area contributed by atoms with Crippen LogP contribution in [0.3, 0.4) is 0 Å². The number of ether oxygens (including phenoxy) is 1. The van der Waals surface area contributed by atoms with Crippen LogP contribution in [0.2, 0.25) is 0 Å². The van der Waals surface area contributed by atoms with E-state index in [4.69, 9.17) is 9.73 Å². The van der Waals surface area contributed by atoms with Crippen molar-refractivity contribution in [2.24, 2.45) is 4.99 Å². The number of hydrogen-bond donors (Lipinski definition) is 2. The van der Waals surface area contributed by atoms with Gasteiger partial charge in [-0.3, -0.25) is 14.8 Å². The van der Waals surface area contributed by atoms with Gasteiger partial charge in [-0.1, -0.05) is 30.3 Å². The number of piperazine rings is 3. The van der Waals surface area contributed by atoms with Gasteiger partial charge in [-0.2, -0.15) is 0 Å². The SMILES string of the molecule is CCNC(=NCC1CN2CCN1CC2)NCCCOC(C)c1ccccc1. The number of rotatable bonds is 9. The number of fused-ring (bicyclic) bond motifs is 3. The standard InChI is InChI=1S/C21H35N5O/c1-3-22-21(24-16-20-17-25-11-13-26(20)14-12-25)23-10-7-15-27-18(2)19-8-5-4-6-9-19/h4-6,8-9,18,20H,3,7,10-17H2,1-2H3,(H2,22,23,24). The van der Waals surface area contributed by atoms with Gasteiger partial charge in [0, 0.05) is 58.5 Å². The van der Waals surface area contributed by atoms with Crippen molar-refractivity contribution in [3.8, 4) is 0 Å². The van der Waals surface area contributed by atoms with Crippen molar-refractivity contribution in [3.63, 3.8) is 0 Å². The molecule has 150 valence electrons. The zero-order valence-electron chi connectivity index (χ0n) is 16.9. The van der Waals surface area contributed by atoms with Crippen LogP contribution in [0.5, 0.6) is 0 Å². The van der Waals surface area contributed by atoms with Crippen LogP contribution in [0.4, 0.5) is 0 Å². The zero-order valence-corrected chi connectivity index (χ0v) is 16.9. The van der Waals surface area contributed by atoms with Gasteiger partial charge in [-0.15, -0.1) is 0 Å². The van der Waals surface area contributed by atoms with Crippen molar-refractivity contribution >= 4 is 5.96 Å². The van der Waals surface area contributed by atoms with E-state index in [0.29, 0.717) is 6.04 Å². The minimum Gasteiger partial charge on any atom is -0.374 e. The average Bonchev–Trinajstić information content (AvgIpc) is 2.73. The molecule has 2 bridgehead atoms. The molecule has 27 heavy (non-hydrogen) atoms. The molecule has 0 spiro atoms. The molecule has 2 unspecified atom stereocenters. The summed E-state index contributed by atoms with van der Waals surface area (Å²) in [6, 6.07) is 10.9.